The minimum atomic E-state index is 0.483. The van der Waals surface area contributed by atoms with Crippen LogP contribution in [0, 0.1) is 0 Å². The molecule has 4 aromatic rings. The normalized spacial score (nSPS) is 14.2. The number of pyridine rings is 1. The molecule has 25 heavy (non-hydrogen) atoms. The smallest absolute Gasteiger partial charge is 0.205 e. The van der Waals surface area contributed by atoms with E-state index in [1.165, 1.54) is 12.8 Å². The summed E-state index contributed by atoms with van der Waals surface area (Å²) in [7, 11) is 0. The van der Waals surface area contributed by atoms with Crippen molar-refractivity contribution in [1.82, 2.24) is 24.7 Å². The lowest BCUT2D eigenvalue weighted by Crippen LogP contribution is -2.00. The minimum Gasteiger partial charge on any atom is -0.440 e. The van der Waals surface area contributed by atoms with E-state index in [4.69, 9.17) is 4.42 Å². The molecule has 0 saturated heterocycles. The molecule has 0 unspecified atom stereocenters. The number of fused-ring (bicyclic) bond motifs is 1. The highest BCUT2D eigenvalue weighted by atomic mass is 32.2. The van der Waals surface area contributed by atoms with Gasteiger partial charge in [0, 0.05) is 24.0 Å². The molecule has 3 heterocycles. The van der Waals surface area contributed by atoms with Crippen LogP contribution in [0.3, 0.4) is 0 Å². The molecule has 124 valence electrons. The Bertz CT molecular complexity index is 989. The van der Waals surface area contributed by atoms with Gasteiger partial charge >= 0.3 is 0 Å². The Balaban J connectivity index is 1.43. The maximum absolute atomic E-state index is 5.80. The number of oxazole rings is 1. The van der Waals surface area contributed by atoms with Gasteiger partial charge in [0.25, 0.3) is 0 Å². The zero-order chi connectivity index (χ0) is 16.6. The van der Waals surface area contributed by atoms with Crippen molar-refractivity contribution in [2.45, 2.75) is 29.8 Å². The predicted octanol–water partition coefficient (Wildman–Crippen LogP) is 4.11. The van der Waals surface area contributed by atoms with Gasteiger partial charge in [-0.2, -0.15) is 0 Å². The van der Waals surface area contributed by atoms with Crippen LogP contribution in [-0.4, -0.2) is 24.7 Å². The van der Waals surface area contributed by atoms with Gasteiger partial charge in [0.05, 0.1) is 5.75 Å². The zero-order valence-corrected chi connectivity index (χ0v) is 14.2. The van der Waals surface area contributed by atoms with Gasteiger partial charge in [-0.3, -0.25) is 9.55 Å². The highest BCUT2D eigenvalue weighted by Gasteiger charge is 2.30. The van der Waals surface area contributed by atoms with Gasteiger partial charge in [-0.15, -0.1) is 10.2 Å². The molecule has 7 heteroatoms. The molecular formula is C18H15N5OS. The van der Waals surface area contributed by atoms with E-state index in [9.17, 15) is 0 Å². The fraction of sp³-hybridized carbons (Fsp3) is 0.222. The first-order valence-electron chi connectivity index (χ1n) is 8.21. The molecule has 0 spiro atoms. The SMILES string of the molecule is c1cncc(-c2nnc(SCc3nc4ccccc4o3)n2C2CC2)c1. The highest BCUT2D eigenvalue weighted by Crippen LogP contribution is 2.41. The predicted molar refractivity (Wildman–Crippen MR) is 95.1 cm³/mol. The van der Waals surface area contributed by atoms with Crippen LogP contribution in [0.15, 0.2) is 58.4 Å². The van der Waals surface area contributed by atoms with Crippen LogP contribution >= 0.6 is 11.8 Å². The standard InChI is InChI=1S/C18H15N5OS/c1-2-6-15-14(5-1)20-16(24-15)11-25-18-22-21-17(23(18)13-7-8-13)12-4-3-9-19-10-12/h1-6,9-10,13H,7-8,11H2. The topological polar surface area (TPSA) is 69.6 Å². The number of para-hydroxylation sites is 2. The third kappa shape index (κ3) is 2.80. The van der Waals surface area contributed by atoms with Crippen molar-refractivity contribution in [2.24, 2.45) is 0 Å². The van der Waals surface area contributed by atoms with E-state index in [1.54, 1.807) is 18.0 Å². The molecule has 0 amide bonds. The van der Waals surface area contributed by atoms with Crippen LogP contribution in [-0.2, 0) is 5.75 Å². The number of rotatable bonds is 5. The van der Waals surface area contributed by atoms with Crippen molar-refractivity contribution in [3.8, 4) is 11.4 Å². The summed E-state index contributed by atoms with van der Waals surface area (Å²) < 4.78 is 8.02. The van der Waals surface area contributed by atoms with Crippen LogP contribution in [0.5, 0.6) is 0 Å². The number of hydrogen-bond acceptors (Lipinski definition) is 6. The molecule has 0 bridgehead atoms. The highest BCUT2D eigenvalue weighted by molar-refractivity contribution is 7.98. The Morgan fingerprint density at radius 1 is 1.12 bits per heavy atom. The van der Waals surface area contributed by atoms with Crippen molar-refractivity contribution < 1.29 is 4.42 Å². The second-order valence-corrected chi connectivity index (χ2v) is 6.96. The molecule has 0 N–H and O–H groups in total. The molecule has 3 aromatic heterocycles. The molecule has 1 saturated carbocycles. The van der Waals surface area contributed by atoms with E-state index >= 15 is 0 Å². The first kappa shape index (κ1) is 14.7. The summed E-state index contributed by atoms with van der Waals surface area (Å²) in [6.07, 6.45) is 5.94. The maximum atomic E-state index is 5.80. The number of benzene rings is 1. The lowest BCUT2D eigenvalue weighted by Gasteiger charge is -2.07. The molecule has 1 aliphatic rings. The number of aromatic nitrogens is 5. The molecule has 5 rings (SSSR count). The summed E-state index contributed by atoms with van der Waals surface area (Å²) in [4.78, 5) is 8.72. The first-order chi connectivity index (χ1) is 12.4. The van der Waals surface area contributed by atoms with Crippen molar-refractivity contribution in [2.75, 3.05) is 0 Å². The average molecular weight is 349 g/mol. The largest absolute Gasteiger partial charge is 0.440 e. The Morgan fingerprint density at radius 2 is 2.04 bits per heavy atom. The fourth-order valence-electron chi connectivity index (χ4n) is 2.84. The van der Waals surface area contributed by atoms with Gasteiger partial charge in [0.2, 0.25) is 5.89 Å². The molecule has 1 aromatic carbocycles. The minimum absolute atomic E-state index is 0.483. The molecule has 6 nitrogen and oxygen atoms in total. The van der Waals surface area contributed by atoms with E-state index in [0.29, 0.717) is 17.7 Å². The molecular weight excluding hydrogens is 334 g/mol. The lowest BCUT2D eigenvalue weighted by atomic mass is 10.3. The van der Waals surface area contributed by atoms with Gasteiger partial charge in [-0.1, -0.05) is 23.9 Å². The van der Waals surface area contributed by atoms with Gasteiger partial charge in [-0.25, -0.2) is 4.98 Å². The van der Waals surface area contributed by atoms with Crippen LogP contribution < -0.4 is 0 Å². The number of thioether (sulfide) groups is 1. The lowest BCUT2D eigenvalue weighted by molar-refractivity contribution is 0.555. The monoisotopic (exact) mass is 349 g/mol. The summed E-state index contributed by atoms with van der Waals surface area (Å²) in [5.41, 5.74) is 2.70. The molecule has 0 radical (unpaired) electrons. The average Bonchev–Trinajstić information content (AvgIpc) is 3.27. The van der Waals surface area contributed by atoms with Crippen molar-refractivity contribution >= 4 is 22.9 Å². The van der Waals surface area contributed by atoms with Gasteiger partial charge in [0.15, 0.2) is 16.6 Å². The Morgan fingerprint density at radius 3 is 2.84 bits per heavy atom. The van der Waals surface area contributed by atoms with Gasteiger partial charge in [-0.05, 0) is 37.1 Å². The third-order valence-corrected chi connectivity index (χ3v) is 5.09. The maximum Gasteiger partial charge on any atom is 0.205 e. The fourth-order valence-corrected chi connectivity index (χ4v) is 3.69. The van der Waals surface area contributed by atoms with E-state index < -0.39 is 0 Å². The summed E-state index contributed by atoms with van der Waals surface area (Å²) >= 11 is 1.61. The van der Waals surface area contributed by atoms with Crippen molar-refractivity contribution in [1.29, 1.82) is 0 Å². The third-order valence-electron chi connectivity index (χ3n) is 4.16. The number of nitrogens with zero attached hydrogens (tertiary/aromatic N) is 5. The first-order valence-corrected chi connectivity index (χ1v) is 9.19. The Labute approximate surface area is 148 Å². The van der Waals surface area contributed by atoms with Crippen LogP contribution in [0.4, 0.5) is 0 Å². The Hall–Kier alpha value is -2.67. The number of hydrogen-bond donors (Lipinski definition) is 0. The molecule has 0 atom stereocenters. The molecule has 1 fully saturated rings. The van der Waals surface area contributed by atoms with E-state index in [2.05, 4.69) is 24.7 Å². The van der Waals surface area contributed by atoms with E-state index in [-0.39, 0.29) is 0 Å². The van der Waals surface area contributed by atoms with E-state index in [1.807, 2.05) is 42.6 Å². The summed E-state index contributed by atoms with van der Waals surface area (Å²) in [6.45, 7) is 0. The van der Waals surface area contributed by atoms with Crippen molar-refractivity contribution in [3.05, 3.63) is 54.7 Å². The quantitative estimate of drug-likeness (QED) is 0.505. The Kier molecular flexibility index (Phi) is 3.52. The molecule has 1 aliphatic carbocycles. The van der Waals surface area contributed by atoms with Gasteiger partial charge in [0.1, 0.15) is 5.52 Å². The van der Waals surface area contributed by atoms with Gasteiger partial charge < -0.3 is 4.42 Å². The van der Waals surface area contributed by atoms with Crippen LogP contribution in [0.25, 0.3) is 22.5 Å². The van der Waals surface area contributed by atoms with E-state index in [0.717, 1.165) is 27.6 Å². The second-order valence-electron chi connectivity index (χ2n) is 6.01. The zero-order valence-electron chi connectivity index (χ0n) is 13.4. The summed E-state index contributed by atoms with van der Waals surface area (Å²) in [6, 6.07) is 12.2. The second kappa shape index (κ2) is 6.00. The van der Waals surface area contributed by atoms with Crippen LogP contribution in [0.2, 0.25) is 0 Å². The summed E-state index contributed by atoms with van der Waals surface area (Å²) in [5, 5.41) is 9.71. The summed E-state index contributed by atoms with van der Waals surface area (Å²) in [5.74, 6) is 2.22. The molecule has 0 aliphatic heterocycles. The van der Waals surface area contributed by atoms with Crippen LogP contribution in [0.1, 0.15) is 24.8 Å². The van der Waals surface area contributed by atoms with Crippen molar-refractivity contribution in [3.63, 3.8) is 0 Å².